The van der Waals surface area contributed by atoms with Gasteiger partial charge in [-0.1, -0.05) is 0 Å². The number of aromatic nitrogens is 2. The quantitative estimate of drug-likeness (QED) is 0.780. The fourth-order valence-electron chi connectivity index (χ4n) is 2.01. The molecule has 0 fully saturated rings. The fourth-order valence-corrected chi connectivity index (χ4v) is 2.92. The van der Waals surface area contributed by atoms with Crippen LogP contribution in [0.4, 0.5) is 0 Å². The molecule has 2 rings (SSSR count). The number of esters is 2. The van der Waals surface area contributed by atoms with Gasteiger partial charge in [0.25, 0.3) is 5.56 Å². The fraction of sp³-hybridized carbons (Fsp3) is 0.353. The van der Waals surface area contributed by atoms with Crippen LogP contribution in [0.3, 0.4) is 0 Å². The summed E-state index contributed by atoms with van der Waals surface area (Å²) in [6.07, 6.45) is 0. The summed E-state index contributed by atoms with van der Waals surface area (Å²) in [5.74, 6) is -3.55. The summed E-state index contributed by atoms with van der Waals surface area (Å²) in [6.45, 7) is 4.76. The predicted octanol–water partition coefficient (Wildman–Crippen LogP) is 1.95. The average molecular weight is 394 g/mol. The van der Waals surface area contributed by atoms with Crippen LogP contribution in [0.15, 0.2) is 16.2 Å². The molecule has 0 spiro atoms. The molecule has 0 unspecified atom stereocenters. The lowest BCUT2D eigenvalue weighted by Gasteiger charge is -2.18. The number of nitrogens with zero attached hydrogens (tertiary/aromatic N) is 2. The highest BCUT2D eigenvalue weighted by atomic mass is 32.1. The summed E-state index contributed by atoms with van der Waals surface area (Å²) in [5.41, 5.74) is -2.32. The van der Waals surface area contributed by atoms with Crippen molar-refractivity contribution in [2.75, 3.05) is 7.11 Å². The highest BCUT2D eigenvalue weighted by molar-refractivity contribution is 7.13. The molecular formula is C17H18N2O7S. The van der Waals surface area contributed by atoms with E-state index in [1.807, 2.05) is 0 Å². The summed E-state index contributed by atoms with van der Waals surface area (Å²) in [6, 6.07) is 1.36. The monoisotopic (exact) mass is 394 g/mol. The molecule has 0 aliphatic heterocycles. The number of carboxylic acid groups (broad SMARTS) is 1. The minimum absolute atomic E-state index is 0.0524. The Hall–Kier alpha value is -3.01. The first kappa shape index (κ1) is 20.3. The van der Waals surface area contributed by atoms with E-state index in [4.69, 9.17) is 4.74 Å². The number of methoxy groups -OCH3 is 1. The lowest BCUT2D eigenvalue weighted by atomic mass is 9.97. The summed E-state index contributed by atoms with van der Waals surface area (Å²) < 4.78 is 10.8. The number of hydrogen-bond donors (Lipinski definition) is 1. The molecule has 144 valence electrons. The van der Waals surface area contributed by atoms with E-state index < -0.39 is 40.3 Å². The molecule has 0 bridgehead atoms. The molecule has 0 radical (unpaired) electrons. The van der Waals surface area contributed by atoms with E-state index in [9.17, 15) is 24.3 Å². The molecule has 0 aromatic carbocycles. The highest BCUT2D eigenvalue weighted by Crippen LogP contribution is 2.29. The molecule has 0 aliphatic carbocycles. The van der Waals surface area contributed by atoms with Crippen LogP contribution in [0.1, 0.15) is 41.6 Å². The Bertz CT molecular complexity index is 982. The van der Waals surface area contributed by atoms with E-state index in [1.54, 1.807) is 20.8 Å². The minimum Gasteiger partial charge on any atom is -0.478 e. The SMILES string of the molecule is COC(=O)c1nc(-c2sccc2C(=O)O)n(C)c(=O)c1OC(=O)C(C)(C)C. The standard InChI is InChI=1S/C17H18N2O7S/c1-17(2,3)16(24)26-10-9(15(23)25-5)18-12(19(4)13(10)20)11-8(14(21)22)6-7-27-11/h6-7H,1-5H3,(H,21,22). The molecule has 0 aliphatic rings. The van der Waals surface area contributed by atoms with E-state index in [-0.39, 0.29) is 16.3 Å². The zero-order chi connectivity index (χ0) is 20.5. The van der Waals surface area contributed by atoms with Crippen LogP contribution in [-0.4, -0.2) is 39.7 Å². The van der Waals surface area contributed by atoms with Crippen molar-refractivity contribution in [1.29, 1.82) is 0 Å². The predicted molar refractivity (Wildman–Crippen MR) is 96.2 cm³/mol. The lowest BCUT2D eigenvalue weighted by Crippen LogP contribution is -2.32. The van der Waals surface area contributed by atoms with Crippen LogP contribution in [0.5, 0.6) is 5.75 Å². The molecule has 1 N–H and O–H groups in total. The number of aromatic carboxylic acids is 1. The van der Waals surface area contributed by atoms with Crippen LogP contribution in [0.25, 0.3) is 10.7 Å². The molecule has 2 aromatic rings. The van der Waals surface area contributed by atoms with Gasteiger partial charge >= 0.3 is 17.9 Å². The maximum atomic E-state index is 12.8. The van der Waals surface area contributed by atoms with E-state index in [2.05, 4.69) is 9.72 Å². The Morgan fingerprint density at radius 2 is 1.89 bits per heavy atom. The van der Waals surface area contributed by atoms with Gasteiger partial charge in [-0.2, -0.15) is 0 Å². The van der Waals surface area contributed by atoms with E-state index in [1.165, 1.54) is 18.5 Å². The molecular weight excluding hydrogens is 376 g/mol. The van der Waals surface area contributed by atoms with E-state index in [0.29, 0.717) is 0 Å². The van der Waals surface area contributed by atoms with Gasteiger partial charge in [-0.3, -0.25) is 14.2 Å². The summed E-state index contributed by atoms with van der Waals surface area (Å²) in [4.78, 5) is 52.7. The first-order valence-electron chi connectivity index (χ1n) is 7.71. The summed E-state index contributed by atoms with van der Waals surface area (Å²) in [5, 5.41) is 10.8. The second-order valence-electron chi connectivity index (χ2n) is 6.58. The normalized spacial score (nSPS) is 11.1. The van der Waals surface area contributed by atoms with Gasteiger partial charge in [0.2, 0.25) is 5.75 Å². The number of rotatable bonds is 4. The molecule has 0 amide bonds. The topological polar surface area (TPSA) is 125 Å². The van der Waals surface area contributed by atoms with Crippen molar-refractivity contribution in [2.45, 2.75) is 20.8 Å². The molecule has 2 heterocycles. The number of ether oxygens (including phenoxy) is 2. The minimum atomic E-state index is -1.21. The van der Waals surface area contributed by atoms with Gasteiger partial charge in [-0.05, 0) is 32.2 Å². The van der Waals surface area contributed by atoms with Crippen LogP contribution in [-0.2, 0) is 16.6 Å². The van der Waals surface area contributed by atoms with Crippen LogP contribution in [0, 0.1) is 5.41 Å². The van der Waals surface area contributed by atoms with Crippen molar-refractivity contribution in [3.63, 3.8) is 0 Å². The number of carbonyl (C=O) groups excluding carboxylic acids is 2. The molecule has 2 aromatic heterocycles. The first-order chi connectivity index (χ1) is 12.5. The van der Waals surface area contributed by atoms with Gasteiger partial charge in [0.05, 0.1) is 23.0 Å². The van der Waals surface area contributed by atoms with E-state index in [0.717, 1.165) is 23.0 Å². The Kier molecular flexibility index (Phi) is 5.50. The third-order valence-corrected chi connectivity index (χ3v) is 4.44. The second kappa shape index (κ2) is 7.31. The number of carboxylic acids is 1. The van der Waals surface area contributed by atoms with Gasteiger partial charge in [-0.25, -0.2) is 14.6 Å². The maximum Gasteiger partial charge on any atom is 0.360 e. The van der Waals surface area contributed by atoms with Crippen LogP contribution >= 0.6 is 11.3 Å². The van der Waals surface area contributed by atoms with Gasteiger partial charge in [0.15, 0.2) is 11.5 Å². The number of carbonyl (C=O) groups is 3. The average Bonchev–Trinajstić information content (AvgIpc) is 3.07. The molecule has 0 saturated carbocycles. The third kappa shape index (κ3) is 3.90. The van der Waals surface area contributed by atoms with Crippen molar-refractivity contribution in [2.24, 2.45) is 12.5 Å². The number of thiophene rings is 1. The molecule has 10 heteroatoms. The zero-order valence-corrected chi connectivity index (χ0v) is 16.2. The number of hydrogen-bond acceptors (Lipinski definition) is 8. The molecule has 0 atom stereocenters. The molecule has 27 heavy (non-hydrogen) atoms. The van der Waals surface area contributed by atoms with Gasteiger partial charge in [0, 0.05) is 7.05 Å². The Labute approximate surface area is 158 Å². The third-order valence-electron chi connectivity index (χ3n) is 3.53. The van der Waals surface area contributed by atoms with Gasteiger partial charge < -0.3 is 14.6 Å². The lowest BCUT2D eigenvalue weighted by molar-refractivity contribution is -0.143. The largest absolute Gasteiger partial charge is 0.478 e. The van der Waals surface area contributed by atoms with Gasteiger partial charge in [-0.15, -0.1) is 11.3 Å². The van der Waals surface area contributed by atoms with Gasteiger partial charge in [0.1, 0.15) is 0 Å². The van der Waals surface area contributed by atoms with Crippen molar-refractivity contribution in [3.8, 4) is 16.5 Å². The van der Waals surface area contributed by atoms with Crippen molar-refractivity contribution in [1.82, 2.24) is 9.55 Å². The maximum absolute atomic E-state index is 12.8. The highest BCUT2D eigenvalue weighted by Gasteiger charge is 2.31. The first-order valence-corrected chi connectivity index (χ1v) is 8.59. The van der Waals surface area contributed by atoms with E-state index >= 15 is 0 Å². The smallest absolute Gasteiger partial charge is 0.360 e. The van der Waals surface area contributed by atoms with Crippen LogP contribution in [0.2, 0.25) is 0 Å². The zero-order valence-electron chi connectivity index (χ0n) is 15.4. The summed E-state index contributed by atoms with van der Waals surface area (Å²) >= 11 is 1.04. The Morgan fingerprint density at radius 1 is 1.26 bits per heavy atom. The van der Waals surface area contributed by atoms with Crippen molar-refractivity contribution in [3.05, 3.63) is 33.1 Å². The Morgan fingerprint density at radius 3 is 2.41 bits per heavy atom. The van der Waals surface area contributed by atoms with Crippen molar-refractivity contribution >= 4 is 29.2 Å². The molecule has 0 saturated heterocycles. The summed E-state index contributed by atoms with van der Waals surface area (Å²) in [7, 11) is 2.43. The van der Waals surface area contributed by atoms with Crippen LogP contribution < -0.4 is 10.3 Å². The van der Waals surface area contributed by atoms with Crippen molar-refractivity contribution < 1.29 is 29.0 Å². The second-order valence-corrected chi connectivity index (χ2v) is 7.49. The Balaban J connectivity index is 2.75. The molecule has 9 nitrogen and oxygen atoms in total.